The molecule has 0 bridgehead atoms. The molecule has 0 amide bonds. The van der Waals surface area contributed by atoms with E-state index < -0.39 is 0 Å². The quantitative estimate of drug-likeness (QED) is 0.741. The van der Waals surface area contributed by atoms with E-state index in [9.17, 15) is 0 Å². The minimum atomic E-state index is 0.0339. The van der Waals surface area contributed by atoms with Gasteiger partial charge < -0.3 is 5.73 Å². The molecule has 76 valence electrons. The van der Waals surface area contributed by atoms with Crippen molar-refractivity contribution >= 4 is 0 Å². The highest BCUT2D eigenvalue weighted by Gasteiger charge is 2.06. The van der Waals surface area contributed by atoms with E-state index in [1.807, 2.05) is 32.0 Å². The number of rotatable bonds is 4. The predicted octanol–water partition coefficient (Wildman–Crippen LogP) is 2.75. The lowest BCUT2D eigenvalue weighted by Gasteiger charge is -2.11. The first-order valence-corrected chi connectivity index (χ1v) is 4.93. The van der Waals surface area contributed by atoms with E-state index in [4.69, 9.17) is 5.73 Å². The molecule has 0 spiro atoms. The summed E-state index contributed by atoms with van der Waals surface area (Å²) in [6, 6.07) is 6.00. The first kappa shape index (κ1) is 10.9. The molecule has 1 aromatic heterocycles. The zero-order valence-electron chi connectivity index (χ0n) is 8.96. The maximum atomic E-state index is 6.01. The number of hydrogen-bond donors (Lipinski definition) is 1. The summed E-state index contributed by atoms with van der Waals surface area (Å²) >= 11 is 0. The molecule has 1 aromatic rings. The van der Waals surface area contributed by atoms with Crippen molar-refractivity contribution in [1.29, 1.82) is 0 Å². The van der Waals surface area contributed by atoms with Gasteiger partial charge in [-0.1, -0.05) is 11.6 Å². The Morgan fingerprint density at radius 1 is 1.57 bits per heavy atom. The molecule has 0 aliphatic rings. The average molecular weight is 190 g/mol. The van der Waals surface area contributed by atoms with Crippen molar-refractivity contribution in [1.82, 2.24) is 4.98 Å². The Bertz CT molecular complexity index is 318. The van der Waals surface area contributed by atoms with Gasteiger partial charge in [0, 0.05) is 11.7 Å². The van der Waals surface area contributed by atoms with Crippen molar-refractivity contribution in [3.63, 3.8) is 0 Å². The number of nitrogens with two attached hydrogens (primary N) is 1. The fourth-order valence-electron chi connectivity index (χ4n) is 1.32. The highest BCUT2D eigenvalue weighted by Crippen LogP contribution is 2.15. The second-order valence-corrected chi connectivity index (χ2v) is 3.81. The lowest BCUT2D eigenvalue weighted by molar-refractivity contribution is 0.630. The predicted molar refractivity (Wildman–Crippen MR) is 60.0 cm³/mol. The number of nitrogens with zero attached hydrogens (tertiary/aromatic N) is 1. The average Bonchev–Trinajstić information content (AvgIpc) is 2.14. The Hall–Kier alpha value is -1.15. The fraction of sp³-hybridized carbons (Fsp3) is 0.417. The molecule has 0 fully saturated rings. The summed E-state index contributed by atoms with van der Waals surface area (Å²) in [5, 5.41) is 0. The zero-order valence-corrected chi connectivity index (χ0v) is 8.96. The number of aromatic nitrogens is 1. The highest BCUT2D eigenvalue weighted by atomic mass is 14.8. The third kappa shape index (κ3) is 3.30. The van der Waals surface area contributed by atoms with Gasteiger partial charge in [0.15, 0.2) is 0 Å². The van der Waals surface area contributed by atoms with E-state index in [1.54, 1.807) is 0 Å². The van der Waals surface area contributed by atoms with Crippen LogP contribution in [0.15, 0.2) is 30.4 Å². The van der Waals surface area contributed by atoms with Gasteiger partial charge in [-0.2, -0.15) is 0 Å². The van der Waals surface area contributed by atoms with E-state index in [-0.39, 0.29) is 6.04 Å². The van der Waals surface area contributed by atoms with Crippen LogP contribution in [0.5, 0.6) is 0 Å². The minimum absolute atomic E-state index is 0.0339. The molecule has 0 saturated carbocycles. The van der Waals surface area contributed by atoms with E-state index >= 15 is 0 Å². The monoisotopic (exact) mass is 190 g/mol. The van der Waals surface area contributed by atoms with Crippen molar-refractivity contribution < 1.29 is 0 Å². The standard InChI is InChI=1S/C12H18N2/c1-9(2)7-8-11(13)12-6-4-5-10(3)14-12/h4-6,11H,1,7-8,13H2,2-3H3. The Labute approximate surface area is 85.9 Å². The van der Waals surface area contributed by atoms with Crippen LogP contribution in [0.4, 0.5) is 0 Å². The SMILES string of the molecule is C=C(C)CCC(N)c1cccc(C)n1. The zero-order chi connectivity index (χ0) is 10.6. The van der Waals surface area contributed by atoms with Crippen molar-refractivity contribution in [2.24, 2.45) is 5.73 Å². The topological polar surface area (TPSA) is 38.9 Å². The highest BCUT2D eigenvalue weighted by molar-refractivity contribution is 5.13. The normalized spacial score (nSPS) is 12.5. The van der Waals surface area contributed by atoms with Gasteiger partial charge in [0.1, 0.15) is 0 Å². The fourth-order valence-corrected chi connectivity index (χ4v) is 1.32. The van der Waals surface area contributed by atoms with Crippen LogP contribution in [-0.4, -0.2) is 4.98 Å². The molecule has 2 heteroatoms. The molecule has 14 heavy (non-hydrogen) atoms. The molecule has 0 aromatic carbocycles. The van der Waals surface area contributed by atoms with Gasteiger partial charge >= 0.3 is 0 Å². The molecule has 0 radical (unpaired) electrons. The van der Waals surface area contributed by atoms with Gasteiger partial charge in [0.25, 0.3) is 0 Å². The van der Waals surface area contributed by atoms with Gasteiger partial charge in [0.2, 0.25) is 0 Å². The van der Waals surface area contributed by atoms with Gasteiger partial charge in [-0.3, -0.25) is 4.98 Å². The summed E-state index contributed by atoms with van der Waals surface area (Å²) in [5.41, 5.74) is 9.18. The number of hydrogen-bond acceptors (Lipinski definition) is 2. The van der Waals surface area contributed by atoms with E-state index in [0.29, 0.717) is 0 Å². The third-order valence-electron chi connectivity index (χ3n) is 2.17. The molecular formula is C12H18N2. The molecule has 1 heterocycles. The van der Waals surface area contributed by atoms with Crippen molar-refractivity contribution in [3.05, 3.63) is 41.7 Å². The van der Waals surface area contributed by atoms with Crippen LogP contribution in [0.2, 0.25) is 0 Å². The van der Waals surface area contributed by atoms with Crippen LogP contribution in [0.3, 0.4) is 0 Å². The largest absolute Gasteiger partial charge is 0.323 e. The van der Waals surface area contributed by atoms with E-state index in [2.05, 4.69) is 11.6 Å². The van der Waals surface area contributed by atoms with Crippen LogP contribution in [0.1, 0.15) is 37.2 Å². The molecular weight excluding hydrogens is 172 g/mol. The van der Waals surface area contributed by atoms with Crippen LogP contribution in [0.25, 0.3) is 0 Å². The lowest BCUT2D eigenvalue weighted by atomic mass is 10.1. The van der Waals surface area contributed by atoms with Crippen LogP contribution in [0, 0.1) is 6.92 Å². The van der Waals surface area contributed by atoms with Crippen LogP contribution < -0.4 is 5.73 Å². The summed E-state index contributed by atoms with van der Waals surface area (Å²) in [6.45, 7) is 7.87. The maximum Gasteiger partial charge on any atom is 0.0574 e. The minimum Gasteiger partial charge on any atom is -0.323 e. The van der Waals surface area contributed by atoms with Gasteiger partial charge in [-0.05, 0) is 38.8 Å². The molecule has 2 N–H and O–H groups in total. The Kier molecular flexibility index (Phi) is 3.84. The molecule has 1 rings (SSSR count). The summed E-state index contributed by atoms with van der Waals surface area (Å²) in [4.78, 5) is 4.40. The summed E-state index contributed by atoms with van der Waals surface area (Å²) in [7, 11) is 0. The van der Waals surface area contributed by atoms with Gasteiger partial charge in [0.05, 0.1) is 5.69 Å². The third-order valence-corrected chi connectivity index (χ3v) is 2.17. The maximum absolute atomic E-state index is 6.01. The lowest BCUT2D eigenvalue weighted by Crippen LogP contribution is -2.12. The number of allylic oxidation sites excluding steroid dienone is 1. The summed E-state index contributed by atoms with van der Waals surface area (Å²) in [5.74, 6) is 0. The van der Waals surface area contributed by atoms with Crippen LogP contribution in [-0.2, 0) is 0 Å². The summed E-state index contributed by atoms with van der Waals surface area (Å²) in [6.07, 6.45) is 1.89. The van der Waals surface area contributed by atoms with E-state index in [0.717, 1.165) is 24.2 Å². The molecule has 2 nitrogen and oxygen atoms in total. The number of aryl methyl sites for hydroxylation is 1. The second-order valence-electron chi connectivity index (χ2n) is 3.81. The van der Waals surface area contributed by atoms with Crippen molar-refractivity contribution in [3.8, 4) is 0 Å². The van der Waals surface area contributed by atoms with Crippen molar-refractivity contribution in [2.75, 3.05) is 0 Å². The smallest absolute Gasteiger partial charge is 0.0574 e. The summed E-state index contributed by atoms with van der Waals surface area (Å²) < 4.78 is 0. The Morgan fingerprint density at radius 3 is 2.86 bits per heavy atom. The molecule has 1 unspecified atom stereocenters. The number of pyridine rings is 1. The first-order chi connectivity index (χ1) is 6.59. The molecule has 0 saturated heterocycles. The molecule has 1 atom stereocenters. The first-order valence-electron chi connectivity index (χ1n) is 4.93. The van der Waals surface area contributed by atoms with Crippen molar-refractivity contribution in [2.45, 2.75) is 32.7 Å². The Balaban J connectivity index is 2.60. The molecule has 0 aliphatic heterocycles. The van der Waals surface area contributed by atoms with Crippen LogP contribution >= 0.6 is 0 Å². The molecule has 0 aliphatic carbocycles. The van der Waals surface area contributed by atoms with Gasteiger partial charge in [-0.15, -0.1) is 6.58 Å². The second kappa shape index (κ2) is 4.91. The van der Waals surface area contributed by atoms with E-state index in [1.165, 1.54) is 5.57 Å². The Morgan fingerprint density at radius 2 is 2.29 bits per heavy atom. The van der Waals surface area contributed by atoms with Gasteiger partial charge in [-0.25, -0.2) is 0 Å².